The van der Waals surface area contributed by atoms with Gasteiger partial charge >= 0.3 is 12.1 Å². The molecule has 0 fully saturated rings. The van der Waals surface area contributed by atoms with Crippen molar-refractivity contribution in [3.8, 4) is 0 Å². The van der Waals surface area contributed by atoms with Crippen molar-refractivity contribution in [2.24, 2.45) is 0 Å². The van der Waals surface area contributed by atoms with Gasteiger partial charge in [-0.2, -0.15) is 13.2 Å². The summed E-state index contributed by atoms with van der Waals surface area (Å²) >= 11 is 0. The normalized spacial score (nSPS) is 11.2. The molecule has 0 bridgehead atoms. The number of esters is 1. The molecular weight excluding hydrogens is 347 g/mol. The summed E-state index contributed by atoms with van der Waals surface area (Å²) in [5.74, 6) is -1.57. The molecule has 4 nitrogen and oxygen atoms in total. The third kappa shape index (κ3) is 4.84. The second kappa shape index (κ2) is 7.59. The topological polar surface area (TPSA) is 55.4 Å². The molecule has 2 aromatic rings. The maximum Gasteiger partial charge on any atom is 0.416 e. The van der Waals surface area contributed by atoms with Crippen LogP contribution in [0, 0.1) is 20.8 Å². The number of hydrogen-bond donors (Lipinski definition) is 1. The predicted octanol–water partition coefficient (Wildman–Crippen LogP) is 4.43. The Morgan fingerprint density at radius 3 is 2.23 bits per heavy atom. The number of rotatable bonds is 4. The number of nitrogens with one attached hydrogen (secondary N) is 1. The van der Waals surface area contributed by atoms with E-state index in [0.29, 0.717) is 11.8 Å². The van der Waals surface area contributed by atoms with Gasteiger partial charge in [0.15, 0.2) is 6.61 Å². The summed E-state index contributed by atoms with van der Waals surface area (Å²) in [5.41, 5.74) is 2.17. The molecule has 0 spiro atoms. The van der Waals surface area contributed by atoms with Crippen LogP contribution in [0.1, 0.15) is 32.6 Å². The van der Waals surface area contributed by atoms with Gasteiger partial charge in [-0.15, -0.1) is 0 Å². The molecule has 0 radical (unpaired) electrons. The van der Waals surface area contributed by atoms with E-state index in [1.165, 1.54) is 6.07 Å². The Bertz CT molecular complexity index is 821. The Hall–Kier alpha value is -2.83. The summed E-state index contributed by atoms with van der Waals surface area (Å²) in [6.07, 6.45) is -4.56. The molecule has 0 aromatic heterocycles. The van der Waals surface area contributed by atoms with E-state index in [4.69, 9.17) is 4.74 Å². The first-order valence-corrected chi connectivity index (χ1v) is 7.80. The van der Waals surface area contributed by atoms with Gasteiger partial charge in [0.05, 0.1) is 11.1 Å². The standard InChI is InChI=1S/C19H18F3NO3/c1-11-7-12(2)17(13(3)8-11)23-16(24)10-26-18(25)14-5-4-6-15(9-14)19(20,21)22/h4-9H,10H2,1-3H3,(H,23,24). The molecule has 0 atom stereocenters. The molecule has 0 heterocycles. The average Bonchev–Trinajstić information content (AvgIpc) is 2.55. The van der Waals surface area contributed by atoms with Crippen LogP contribution in [0.2, 0.25) is 0 Å². The maximum atomic E-state index is 12.7. The van der Waals surface area contributed by atoms with Crippen molar-refractivity contribution in [3.05, 3.63) is 64.2 Å². The minimum atomic E-state index is -4.56. The number of amides is 1. The van der Waals surface area contributed by atoms with E-state index in [0.717, 1.165) is 28.8 Å². The largest absolute Gasteiger partial charge is 0.452 e. The molecular formula is C19H18F3NO3. The van der Waals surface area contributed by atoms with E-state index in [1.54, 1.807) is 0 Å². The number of anilines is 1. The number of carbonyl (C=O) groups excluding carboxylic acids is 2. The Kier molecular flexibility index (Phi) is 5.69. The molecule has 0 aliphatic carbocycles. The number of benzene rings is 2. The molecule has 26 heavy (non-hydrogen) atoms. The molecule has 1 amide bonds. The molecule has 7 heteroatoms. The number of ether oxygens (including phenoxy) is 1. The molecule has 0 aliphatic rings. The van der Waals surface area contributed by atoms with Crippen LogP contribution in [0.5, 0.6) is 0 Å². The van der Waals surface area contributed by atoms with Gasteiger partial charge < -0.3 is 10.1 Å². The minimum absolute atomic E-state index is 0.268. The van der Waals surface area contributed by atoms with E-state index in [1.807, 2.05) is 32.9 Å². The van der Waals surface area contributed by atoms with Gasteiger partial charge in [0.2, 0.25) is 0 Å². The van der Waals surface area contributed by atoms with Gasteiger partial charge in [0.1, 0.15) is 0 Å². The summed E-state index contributed by atoms with van der Waals surface area (Å²) < 4.78 is 42.8. The molecule has 1 N–H and O–H groups in total. The number of carbonyl (C=O) groups is 2. The van der Waals surface area contributed by atoms with Crippen molar-refractivity contribution < 1.29 is 27.5 Å². The lowest BCUT2D eigenvalue weighted by Crippen LogP contribution is -2.22. The van der Waals surface area contributed by atoms with Gasteiger partial charge in [0, 0.05) is 5.69 Å². The van der Waals surface area contributed by atoms with Crippen LogP contribution in [0.15, 0.2) is 36.4 Å². The highest BCUT2D eigenvalue weighted by atomic mass is 19.4. The zero-order valence-corrected chi connectivity index (χ0v) is 14.5. The van der Waals surface area contributed by atoms with E-state index in [-0.39, 0.29) is 5.56 Å². The van der Waals surface area contributed by atoms with E-state index in [9.17, 15) is 22.8 Å². The quantitative estimate of drug-likeness (QED) is 0.816. The Morgan fingerprint density at radius 1 is 1.04 bits per heavy atom. The molecule has 0 aliphatic heterocycles. The smallest absolute Gasteiger partial charge is 0.416 e. The Balaban J connectivity index is 2.01. The summed E-state index contributed by atoms with van der Waals surface area (Å²) in [7, 11) is 0. The van der Waals surface area contributed by atoms with Gasteiger partial charge in [-0.1, -0.05) is 23.8 Å². The average molecular weight is 365 g/mol. The fourth-order valence-electron chi connectivity index (χ4n) is 2.59. The monoisotopic (exact) mass is 365 g/mol. The highest BCUT2D eigenvalue weighted by Crippen LogP contribution is 2.29. The molecule has 0 saturated heterocycles. The van der Waals surface area contributed by atoms with Crippen molar-refractivity contribution in [2.45, 2.75) is 26.9 Å². The first-order valence-electron chi connectivity index (χ1n) is 7.80. The molecule has 138 valence electrons. The highest BCUT2D eigenvalue weighted by molar-refractivity contribution is 5.96. The SMILES string of the molecule is Cc1cc(C)c(NC(=O)COC(=O)c2cccc(C(F)(F)F)c2)c(C)c1. The van der Waals surface area contributed by atoms with Crippen LogP contribution in [0.25, 0.3) is 0 Å². The number of aryl methyl sites for hydroxylation is 3. The van der Waals surface area contributed by atoms with Crippen molar-refractivity contribution in [2.75, 3.05) is 11.9 Å². The predicted molar refractivity (Wildman–Crippen MR) is 91.0 cm³/mol. The first-order chi connectivity index (χ1) is 12.1. The van der Waals surface area contributed by atoms with Crippen molar-refractivity contribution in [1.82, 2.24) is 0 Å². The van der Waals surface area contributed by atoms with Crippen LogP contribution in [0.3, 0.4) is 0 Å². The van der Waals surface area contributed by atoms with Gasteiger partial charge in [-0.25, -0.2) is 4.79 Å². The van der Waals surface area contributed by atoms with Crippen molar-refractivity contribution >= 4 is 17.6 Å². The van der Waals surface area contributed by atoms with Crippen LogP contribution in [0.4, 0.5) is 18.9 Å². The van der Waals surface area contributed by atoms with Crippen LogP contribution in [-0.4, -0.2) is 18.5 Å². The van der Waals surface area contributed by atoms with Crippen LogP contribution in [-0.2, 0) is 15.7 Å². The van der Waals surface area contributed by atoms with Crippen molar-refractivity contribution in [3.63, 3.8) is 0 Å². The zero-order valence-electron chi connectivity index (χ0n) is 14.5. The van der Waals surface area contributed by atoms with E-state index in [2.05, 4.69) is 5.32 Å². The Morgan fingerprint density at radius 2 is 1.65 bits per heavy atom. The fourth-order valence-corrected chi connectivity index (χ4v) is 2.59. The summed E-state index contributed by atoms with van der Waals surface area (Å²) in [4.78, 5) is 23.9. The van der Waals surface area contributed by atoms with E-state index < -0.39 is 30.2 Å². The second-order valence-corrected chi connectivity index (χ2v) is 5.98. The molecule has 0 saturated carbocycles. The lowest BCUT2D eigenvalue weighted by Gasteiger charge is -2.13. The van der Waals surface area contributed by atoms with Gasteiger partial charge in [-0.05, 0) is 50.1 Å². The molecule has 2 rings (SSSR count). The number of hydrogen-bond acceptors (Lipinski definition) is 3. The third-order valence-electron chi connectivity index (χ3n) is 3.70. The Labute approximate surface area is 149 Å². The number of halogens is 3. The maximum absolute atomic E-state index is 12.7. The van der Waals surface area contributed by atoms with Gasteiger partial charge in [-0.3, -0.25) is 4.79 Å². The second-order valence-electron chi connectivity index (χ2n) is 5.98. The zero-order chi connectivity index (χ0) is 19.5. The lowest BCUT2D eigenvalue weighted by atomic mass is 10.1. The fraction of sp³-hybridized carbons (Fsp3) is 0.263. The summed E-state index contributed by atoms with van der Waals surface area (Å²) in [5, 5.41) is 2.65. The molecule has 0 unspecified atom stereocenters. The van der Waals surface area contributed by atoms with Crippen LogP contribution < -0.4 is 5.32 Å². The van der Waals surface area contributed by atoms with E-state index >= 15 is 0 Å². The third-order valence-corrected chi connectivity index (χ3v) is 3.70. The number of alkyl halides is 3. The first kappa shape index (κ1) is 19.5. The summed E-state index contributed by atoms with van der Waals surface area (Å²) in [6, 6.07) is 7.65. The molecule has 2 aromatic carbocycles. The summed E-state index contributed by atoms with van der Waals surface area (Å²) in [6.45, 7) is 5.01. The van der Waals surface area contributed by atoms with Crippen molar-refractivity contribution in [1.29, 1.82) is 0 Å². The van der Waals surface area contributed by atoms with Crippen LogP contribution >= 0.6 is 0 Å². The minimum Gasteiger partial charge on any atom is -0.452 e. The highest BCUT2D eigenvalue weighted by Gasteiger charge is 2.31. The van der Waals surface area contributed by atoms with Gasteiger partial charge in [0.25, 0.3) is 5.91 Å². The lowest BCUT2D eigenvalue weighted by molar-refractivity contribution is -0.137.